The number of benzene rings is 1. The summed E-state index contributed by atoms with van der Waals surface area (Å²) in [5.41, 5.74) is 1.10. The summed E-state index contributed by atoms with van der Waals surface area (Å²) in [5.74, 6) is -3.01. The van der Waals surface area contributed by atoms with Gasteiger partial charge < -0.3 is 15.7 Å². The predicted octanol–water partition coefficient (Wildman–Crippen LogP) is 0.944. The largest absolute Gasteiger partial charge is 0.302 e. The van der Waals surface area contributed by atoms with E-state index >= 15 is 0 Å². The number of hydrogen-bond donors (Lipinski definition) is 4. The Balaban J connectivity index is 2.17. The fourth-order valence-electron chi connectivity index (χ4n) is 2.86. The van der Waals surface area contributed by atoms with Gasteiger partial charge in [-0.15, -0.1) is 0 Å². The highest BCUT2D eigenvalue weighted by Gasteiger charge is 2.42. The second-order valence-electron chi connectivity index (χ2n) is 5.43. The van der Waals surface area contributed by atoms with Crippen LogP contribution < -0.4 is 16.2 Å². The third-order valence-corrected chi connectivity index (χ3v) is 4.38. The van der Waals surface area contributed by atoms with Crippen LogP contribution in [0, 0.1) is 12.8 Å². The van der Waals surface area contributed by atoms with Crippen LogP contribution in [0.5, 0.6) is 0 Å². The molecule has 0 saturated carbocycles. The monoisotopic (exact) mass is 364 g/mol. The molecule has 24 heavy (non-hydrogen) atoms. The van der Waals surface area contributed by atoms with E-state index in [1.54, 1.807) is 31.2 Å². The molecule has 1 aromatic heterocycles. The zero-order valence-corrected chi connectivity index (χ0v) is 14.0. The number of amides is 2. The number of carbonyl (C=O) groups excluding carboxylic acids is 2. The van der Waals surface area contributed by atoms with E-state index in [4.69, 9.17) is 23.8 Å². The van der Waals surface area contributed by atoms with E-state index in [-0.39, 0.29) is 10.7 Å². The van der Waals surface area contributed by atoms with Gasteiger partial charge in [0.15, 0.2) is 5.11 Å². The maximum atomic E-state index is 12.4. The number of carbonyl (C=O) groups is 2. The van der Waals surface area contributed by atoms with Crippen molar-refractivity contribution in [1.29, 1.82) is 0 Å². The third-order valence-electron chi connectivity index (χ3n) is 3.92. The van der Waals surface area contributed by atoms with Crippen molar-refractivity contribution in [3.05, 3.63) is 56.5 Å². The fraction of sp³-hybridized carbons (Fsp3) is 0.200. The maximum absolute atomic E-state index is 12.4. The van der Waals surface area contributed by atoms with Crippen molar-refractivity contribution in [2.75, 3.05) is 0 Å². The number of H-pyrrole nitrogens is 2. The Morgan fingerprint density at radius 2 is 1.62 bits per heavy atom. The number of aryl methyl sites for hydroxylation is 1. The summed E-state index contributed by atoms with van der Waals surface area (Å²) in [6.45, 7) is 1.69. The number of hydrogen-bond acceptors (Lipinski definition) is 4. The molecule has 1 aliphatic heterocycles. The number of nitrogens with one attached hydrogen (secondary N) is 4. The molecule has 1 aromatic carbocycles. The predicted molar refractivity (Wildman–Crippen MR) is 91.8 cm³/mol. The van der Waals surface area contributed by atoms with Gasteiger partial charge in [-0.05, 0) is 36.8 Å². The van der Waals surface area contributed by atoms with E-state index in [0.29, 0.717) is 21.8 Å². The van der Waals surface area contributed by atoms with Gasteiger partial charge in [0, 0.05) is 22.2 Å². The minimum Gasteiger partial charge on any atom is -0.302 e. The summed E-state index contributed by atoms with van der Waals surface area (Å²) in [6.07, 6.45) is 0. The molecule has 3 rings (SSSR count). The SMILES string of the molecule is Cc1[nH][nH]c(=O)c1C(c1ccc(Cl)cc1)C1C(=O)NC(=S)NC1=O. The van der Waals surface area contributed by atoms with E-state index in [2.05, 4.69) is 20.8 Å². The van der Waals surface area contributed by atoms with Crippen molar-refractivity contribution in [3.8, 4) is 0 Å². The zero-order valence-electron chi connectivity index (χ0n) is 12.5. The lowest BCUT2D eigenvalue weighted by atomic mass is 9.79. The molecular weight excluding hydrogens is 352 g/mol. The average Bonchev–Trinajstić information content (AvgIpc) is 2.83. The summed E-state index contributed by atoms with van der Waals surface area (Å²) in [6, 6.07) is 6.66. The topological polar surface area (TPSA) is 107 Å². The molecule has 0 aliphatic carbocycles. The van der Waals surface area contributed by atoms with Crippen LogP contribution in [0.1, 0.15) is 22.7 Å². The van der Waals surface area contributed by atoms with Gasteiger partial charge in [-0.2, -0.15) is 0 Å². The molecule has 2 aromatic rings. The molecule has 1 aliphatic rings. The van der Waals surface area contributed by atoms with Crippen LogP contribution in [0.3, 0.4) is 0 Å². The normalized spacial score (nSPS) is 16.7. The highest BCUT2D eigenvalue weighted by atomic mass is 35.5. The number of aromatic nitrogens is 2. The Hall–Kier alpha value is -2.45. The molecule has 1 unspecified atom stereocenters. The number of halogens is 1. The molecule has 0 spiro atoms. The molecule has 1 fully saturated rings. The summed E-state index contributed by atoms with van der Waals surface area (Å²) < 4.78 is 0. The average molecular weight is 365 g/mol. The van der Waals surface area contributed by atoms with Crippen LogP contribution in [0.15, 0.2) is 29.1 Å². The van der Waals surface area contributed by atoms with Crippen LogP contribution in [-0.4, -0.2) is 27.1 Å². The van der Waals surface area contributed by atoms with E-state index in [1.165, 1.54) is 0 Å². The van der Waals surface area contributed by atoms with Crippen LogP contribution in [0.2, 0.25) is 5.02 Å². The second-order valence-corrected chi connectivity index (χ2v) is 6.28. The van der Waals surface area contributed by atoms with Crippen molar-refractivity contribution in [2.45, 2.75) is 12.8 Å². The van der Waals surface area contributed by atoms with Crippen molar-refractivity contribution in [1.82, 2.24) is 20.8 Å². The molecule has 2 amide bonds. The summed E-state index contributed by atoms with van der Waals surface area (Å²) >= 11 is 10.7. The minimum absolute atomic E-state index is 0.0455. The van der Waals surface area contributed by atoms with Gasteiger partial charge in [0.05, 0.1) is 0 Å². The van der Waals surface area contributed by atoms with Crippen molar-refractivity contribution >= 4 is 40.7 Å². The fourth-order valence-corrected chi connectivity index (χ4v) is 3.19. The molecule has 9 heteroatoms. The Labute approximate surface area is 146 Å². The van der Waals surface area contributed by atoms with E-state index in [1.807, 2.05) is 0 Å². The second kappa shape index (κ2) is 6.21. The van der Waals surface area contributed by atoms with Gasteiger partial charge in [-0.3, -0.25) is 19.5 Å². The molecule has 0 radical (unpaired) electrons. The van der Waals surface area contributed by atoms with E-state index < -0.39 is 23.7 Å². The Kier molecular flexibility index (Phi) is 4.25. The molecule has 4 N–H and O–H groups in total. The van der Waals surface area contributed by atoms with Gasteiger partial charge in [0.1, 0.15) is 5.92 Å². The first kappa shape index (κ1) is 16.4. The lowest BCUT2D eigenvalue weighted by Gasteiger charge is -2.29. The van der Waals surface area contributed by atoms with Crippen molar-refractivity contribution < 1.29 is 9.59 Å². The van der Waals surface area contributed by atoms with Gasteiger partial charge in [-0.25, -0.2) is 0 Å². The van der Waals surface area contributed by atoms with Crippen molar-refractivity contribution in [2.24, 2.45) is 5.92 Å². The highest BCUT2D eigenvalue weighted by Crippen LogP contribution is 2.33. The summed E-state index contributed by atoms with van der Waals surface area (Å²) in [5, 5.41) is 10.5. The van der Waals surface area contributed by atoms with E-state index in [9.17, 15) is 14.4 Å². The summed E-state index contributed by atoms with van der Waals surface area (Å²) in [7, 11) is 0. The lowest BCUT2D eigenvalue weighted by molar-refractivity contribution is -0.135. The molecular formula is C15H13ClN4O3S. The van der Waals surface area contributed by atoms with Gasteiger partial charge in [0.25, 0.3) is 5.56 Å². The van der Waals surface area contributed by atoms with Crippen LogP contribution in [0.4, 0.5) is 0 Å². The summed E-state index contributed by atoms with van der Waals surface area (Å²) in [4.78, 5) is 37.1. The standard InChI is InChI=1S/C15H13ClN4O3S/c1-6-9(14(23)20-19-6)10(7-2-4-8(16)5-3-7)11-12(21)17-15(24)18-13(11)22/h2-5,10-11H,1H3,(H2,19,20,23)(H2,17,18,21,22,24). The smallest absolute Gasteiger partial charge is 0.267 e. The highest BCUT2D eigenvalue weighted by molar-refractivity contribution is 7.80. The number of thiocarbonyl (C=S) groups is 1. The quantitative estimate of drug-likeness (QED) is 0.480. The Bertz CT molecular complexity index is 867. The van der Waals surface area contributed by atoms with Gasteiger partial charge in [-0.1, -0.05) is 23.7 Å². The first-order chi connectivity index (χ1) is 11.4. The Morgan fingerprint density at radius 1 is 1.04 bits per heavy atom. The number of rotatable bonds is 3. The van der Waals surface area contributed by atoms with E-state index in [0.717, 1.165) is 0 Å². The minimum atomic E-state index is -1.13. The van der Waals surface area contributed by atoms with Crippen molar-refractivity contribution in [3.63, 3.8) is 0 Å². The molecule has 124 valence electrons. The first-order valence-corrected chi connectivity index (χ1v) is 7.85. The molecule has 0 bridgehead atoms. The molecule has 7 nitrogen and oxygen atoms in total. The lowest BCUT2D eigenvalue weighted by Crippen LogP contribution is -2.57. The zero-order chi connectivity index (χ0) is 17.4. The maximum Gasteiger partial charge on any atom is 0.267 e. The van der Waals surface area contributed by atoms with Gasteiger partial charge in [0.2, 0.25) is 11.8 Å². The van der Waals surface area contributed by atoms with Crippen LogP contribution >= 0.6 is 23.8 Å². The van der Waals surface area contributed by atoms with Gasteiger partial charge >= 0.3 is 0 Å². The first-order valence-electron chi connectivity index (χ1n) is 7.06. The molecule has 1 saturated heterocycles. The Morgan fingerprint density at radius 3 is 2.12 bits per heavy atom. The number of aromatic amines is 2. The third kappa shape index (κ3) is 2.85. The van der Waals surface area contributed by atoms with Crippen LogP contribution in [-0.2, 0) is 9.59 Å². The van der Waals surface area contributed by atoms with Crippen LogP contribution in [0.25, 0.3) is 0 Å². The molecule has 2 heterocycles. The molecule has 1 atom stereocenters.